The van der Waals surface area contributed by atoms with E-state index in [2.05, 4.69) is 4.98 Å². The third-order valence-corrected chi connectivity index (χ3v) is 4.72. The molecule has 2 aromatic carbocycles. The van der Waals surface area contributed by atoms with Gasteiger partial charge in [0.2, 0.25) is 11.7 Å². The predicted molar refractivity (Wildman–Crippen MR) is 113 cm³/mol. The summed E-state index contributed by atoms with van der Waals surface area (Å²) in [5, 5.41) is 0. The fourth-order valence-corrected chi connectivity index (χ4v) is 3.21. The summed E-state index contributed by atoms with van der Waals surface area (Å²) in [5.41, 5.74) is 1.42. The van der Waals surface area contributed by atoms with Crippen molar-refractivity contribution in [2.45, 2.75) is 13.1 Å². The number of aromatic nitrogens is 2. The third-order valence-electron chi connectivity index (χ3n) is 4.72. The van der Waals surface area contributed by atoms with Gasteiger partial charge in [-0.2, -0.15) is 8.78 Å². The van der Waals surface area contributed by atoms with Crippen LogP contribution in [0.5, 0.6) is 17.2 Å². The first kappa shape index (κ1) is 22.1. The zero-order valence-electron chi connectivity index (χ0n) is 17.6. The van der Waals surface area contributed by atoms with Crippen LogP contribution in [0.25, 0.3) is 17.1 Å². The van der Waals surface area contributed by atoms with Crippen LogP contribution in [0.15, 0.2) is 42.5 Å². The van der Waals surface area contributed by atoms with E-state index in [1.807, 2.05) is 0 Å². The van der Waals surface area contributed by atoms with Crippen molar-refractivity contribution in [1.82, 2.24) is 14.5 Å². The van der Waals surface area contributed by atoms with E-state index in [1.54, 1.807) is 42.5 Å². The SMILES string of the molecule is COc1cc(/C=C/C(=O)N(C)Cc2nc3ccccc3n2C(F)F)cc(OC)c1OC. The number of para-hydroxylation sites is 2. The average Bonchev–Trinajstić information content (AvgIpc) is 3.14. The van der Waals surface area contributed by atoms with E-state index in [9.17, 15) is 13.6 Å². The van der Waals surface area contributed by atoms with Crippen molar-refractivity contribution in [2.75, 3.05) is 28.4 Å². The van der Waals surface area contributed by atoms with Gasteiger partial charge in [-0.25, -0.2) is 4.98 Å². The molecule has 0 saturated carbocycles. The van der Waals surface area contributed by atoms with Gasteiger partial charge < -0.3 is 19.1 Å². The van der Waals surface area contributed by atoms with E-state index < -0.39 is 6.55 Å². The molecule has 0 saturated heterocycles. The van der Waals surface area contributed by atoms with Crippen molar-refractivity contribution in [2.24, 2.45) is 0 Å². The van der Waals surface area contributed by atoms with Gasteiger partial charge in [0.15, 0.2) is 11.5 Å². The van der Waals surface area contributed by atoms with Gasteiger partial charge in [-0.3, -0.25) is 9.36 Å². The molecule has 1 amide bonds. The average molecular weight is 431 g/mol. The lowest BCUT2D eigenvalue weighted by atomic mass is 10.1. The number of hydrogen-bond donors (Lipinski definition) is 0. The number of carbonyl (C=O) groups is 1. The Kier molecular flexibility index (Phi) is 6.74. The van der Waals surface area contributed by atoms with Gasteiger partial charge in [-0.1, -0.05) is 12.1 Å². The molecule has 3 aromatic rings. The molecule has 9 heteroatoms. The Hall–Kier alpha value is -3.62. The molecule has 0 radical (unpaired) electrons. The standard InChI is InChI=1S/C22H23F2N3O4/c1-26(13-19-25-15-7-5-6-8-16(15)27(19)22(23)24)20(28)10-9-14-11-17(29-2)21(31-4)18(12-14)30-3/h5-12,22H,13H2,1-4H3/b10-9+. The van der Waals surface area contributed by atoms with Crippen LogP contribution < -0.4 is 14.2 Å². The highest BCUT2D eigenvalue weighted by atomic mass is 19.3. The summed E-state index contributed by atoms with van der Waals surface area (Å²) in [5.74, 6) is 1.08. The molecule has 0 bridgehead atoms. The molecule has 0 fully saturated rings. The summed E-state index contributed by atoms with van der Waals surface area (Å²) >= 11 is 0. The first-order valence-corrected chi connectivity index (χ1v) is 9.36. The molecule has 1 aromatic heterocycles. The lowest BCUT2D eigenvalue weighted by Gasteiger charge is -2.16. The number of benzene rings is 2. The lowest BCUT2D eigenvalue weighted by Crippen LogP contribution is -2.26. The quantitative estimate of drug-likeness (QED) is 0.502. The number of amides is 1. The predicted octanol–water partition coefficient (Wildman–Crippen LogP) is 4.13. The zero-order valence-corrected chi connectivity index (χ0v) is 17.6. The van der Waals surface area contributed by atoms with Gasteiger partial charge in [0.25, 0.3) is 0 Å². The number of fused-ring (bicyclic) bond motifs is 1. The summed E-state index contributed by atoms with van der Waals surface area (Å²) in [7, 11) is 6.02. The molecule has 1 heterocycles. The minimum absolute atomic E-state index is 0.0720. The number of rotatable bonds is 8. The number of nitrogens with zero attached hydrogens (tertiary/aromatic N) is 3. The molecule has 7 nitrogen and oxygen atoms in total. The summed E-state index contributed by atoms with van der Waals surface area (Å²) in [6.45, 7) is -2.84. The van der Waals surface area contributed by atoms with E-state index in [-0.39, 0.29) is 18.3 Å². The van der Waals surface area contributed by atoms with Crippen LogP contribution in [0.4, 0.5) is 8.78 Å². The van der Waals surface area contributed by atoms with Gasteiger partial charge in [0, 0.05) is 13.1 Å². The number of likely N-dealkylation sites (N-methyl/N-ethyl adjacent to an activating group) is 1. The first-order valence-electron chi connectivity index (χ1n) is 9.36. The highest BCUT2D eigenvalue weighted by molar-refractivity contribution is 5.91. The highest BCUT2D eigenvalue weighted by Gasteiger charge is 2.19. The second-order valence-corrected chi connectivity index (χ2v) is 6.65. The molecular weight excluding hydrogens is 408 g/mol. The topological polar surface area (TPSA) is 65.8 Å². The summed E-state index contributed by atoms with van der Waals surface area (Å²) < 4.78 is 43.9. The van der Waals surface area contributed by atoms with E-state index in [1.165, 1.54) is 39.4 Å². The minimum Gasteiger partial charge on any atom is -0.493 e. The minimum atomic E-state index is -2.76. The van der Waals surface area contributed by atoms with Crippen molar-refractivity contribution in [3.63, 3.8) is 0 Å². The molecule has 0 spiro atoms. The Morgan fingerprint density at radius 2 is 1.77 bits per heavy atom. The second-order valence-electron chi connectivity index (χ2n) is 6.65. The third kappa shape index (κ3) is 4.60. The molecule has 164 valence electrons. The molecular formula is C22H23F2N3O4. The van der Waals surface area contributed by atoms with E-state index in [0.29, 0.717) is 33.8 Å². The first-order chi connectivity index (χ1) is 14.9. The van der Waals surface area contributed by atoms with Gasteiger partial charge in [0.05, 0.1) is 38.9 Å². The van der Waals surface area contributed by atoms with Crippen molar-refractivity contribution in [1.29, 1.82) is 0 Å². The van der Waals surface area contributed by atoms with Crippen LogP contribution in [-0.4, -0.2) is 48.7 Å². The van der Waals surface area contributed by atoms with Gasteiger partial charge in [-0.15, -0.1) is 0 Å². The Balaban J connectivity index is 1.81. The maximum Gasteiger partial charge on any atom is 0.320 e. The Morgan fingerprint density at radius 1 is 1.13 bits per heavy atom. The van der Waals surface area contributed by atoms with Crippen molar-refractivity contribution < 1.29 is 27.8 Å². The van der Waals surface area contributed by atoms with Gasteiger partial charge in [-0.05, 0) is 35.9 Å². The van der Waals surface area contributed by atoms with Crippen LogP contribution in [0, 0.1) is 0 Å². The number of methoxy groups -OCH3 is 3. The largest absolute Gasteiger partial charge is 0.493 e. The smallest absolute Gasteiger partial charge is 0.320 e. The number of carbonyl (C=O) groups excluding carboxylic acids is 1. The number of alkyl halides is 2. The number of halogens is 2. The van der Waals surface area contributed by atoms with Crippen LogP contribution in [0.3, 0.4) is 0 Å². The molecule has 0 atom stereocenters. The van der Waals surface area contributed by atoms with Crippen molar-refractivity contribution in [3.8, 4) is 17.2 Å². The zero-order chi connectivity index (χ0) is 22.5. The molecule has 0 aliphatic heterocycles. The van der Waals surface area contributed by atoms with E-state index in [4.69, 9.17) is 14.2 Å². The lowest BCUT2D eigenvalue weighted by molar-refractivity contribution is -0.125. The summed E-state index contributed by atoms with van der Waals surface area (Å²) in [6, 6.07) is 10.0. The van der Waals surface area contributed by atoms with Gasteiger partial charge >= 0.3 is 6.55 Å². The summed E-state index contributed by atoms with van der Waals surface area (Å²) in [4.78, 5) is 18.1. The molecule has 0 aliphatic rings. The number of hydrogen-bond acceptors (Lipinski definition) is 5. The molecule has 31 heavy (non-hydrogen) atoms. The summed E-state index contributed by atoms with van der Waals surface area (Å²) in [6.07, 6.45) is 2.93. The second kappa shape index (κ2) is 9.46. The Morgan fingerprint density at radius 3 is 2.35 bits per heavy atom. The monoisotopic (exact) mass is 431 g/mol. The van der Waals surface area contributed by atoms with Crippen LogP contribution in [0.1, 0.15) is 17.9 Å². The highest BCUT2D eigenvalue weighted by Crippen LogP contribution is 2.38. The van der Waals surface area contributed by atoms with Gasteiger partial charge in [0.1, 0.15) is 5.82 Å². The van der Waals surface area contributed by atoms with Crippen LogP contribution >= 0.6 is 0 Å². The Labute approximate surface area is 178 Å². The fraction of sp³-hybridized carbons (Fsp3) is 0.273. The fourth-order valence-electron chi connectivity index (χ4n) is 3.21. The molecule has 3 rings (SSSR count). The van der Waals surface area contributed by atoms with E-state index >= 15 is 0 Å². The normalized spacial score (nSPS) is 11.3. The van der Waals surface area contributed by atoms with Crippen molar-refractivity contribution in [3.05, 3.63) is 53.9 Å². The Bertz CT molecular complexity index is 1090. The maximum absolute atomic E-state index is 13.6. The van der Waals surface area contributed by atoms with E-state index in [0.717, 1.165) is 4.57 Å². The molecule has 0 unspecified atom stereocenters. The number of ether oxygens (including phenoxy) is 3. The number of imidazole rings is 1. The molecule has 0 N–H and O–H groups in total. The van der Waals surface area contributed by atoms with Crippen LogP contribution in [-0.2, 0) is 11.3 Å². The molecule has 0 aliphatic carbocycles. The van der Waals surface area contributed by atoms with Crippen LogP contribution in [0.2, 0.25) is 0 Å². The van der Waals surface area contributed by atoms with Crippen molar-refractivity contribution >= 4 is 23.0 Å². The maximum atomic E-state index is 13.6.